The van der Waals surface area contributed by atoms with Gasteiger partial charge in [-0.3, -0.25) is 0 Å². The fourth-order valence-corrected chi connectivity index (χ4v) is 3.28. The van der Waals surface area contributed by atoms with Crippen LogP contribution in [-0.4, -0.2) is 11.3 Å². The largest absolute Gasteiger partial charge is 0.415 e. The normalized spacial score (nSPS) is 10.9. The minimum Gasteiger partial charge on any atom is -0.415 e. The van der Waals surface area contributed by atoms with Crippen molar-refractivity contribution in [2.24, 2.45) is 0 Å². The highest BCUT2D eigenvalue weighted by atomic mass is 35.5. The Hall–Kier alpha value is -1.49. The fraction of sp³-hybridized carbons (Fsp3) is 0.167. The molecule has 23 heavy (non-hydrogen) atoms. The van der Waals surface area contributed by atoms with Gasteiger partial charge in [-0.15, -0.1) is 6.58 Å². The first-order valence-electron chi connectivity index (χ1n) is 7.21. The van der Waals surface area contributed by atoms with Gasteiger partial charge in [0.05, 0.1) is 21.8 Å². The Kier molecular flexibility index (Phi) is 6.96. The number of hydrogen-bond donors (Lipinski definition) is 0. The molecule has 2 rings (SSSR count). The summed E-state index contributed by atoms with van der Waals surface area (Å²) < 4.78 is 2.49. The average molecular weight is 364 g/mol. The van der Waals surface area contributed by atoms with Crippen LogP contribution in [0.3, 0.4) is 0 Å². The van der Waals surface area contributed by atoms with Gasteiger partial charge in [-0.2, -0.15) is 4.73 Å². The number of hydrogen-bond acceptors (Lipinski definition) is 3. The molecule has 1 heterocycles. The van der Waals surface area contributed by atoms with Crippen molar-refractivity contribution in [1.82, 2.24) is 4.73 Å². The summed E-state index contributed by atoms with van der Waals surface area (Å²) in [4.78, 5) is 6.53. The van der Waals surface area contributed by atoms with Gasteiger partial charge in [0.1, 0.15) is 6.61 Å². The van der Waals surface area contributed by atoms with Crippen LogP contribution in [0.15, 0.2) is 65.2 Å². The Morgan fingerprint density at radius 2 is 2.22 bits per heavy atom. The monoisotopic (exact) mass is 363 g/mol. The Labute approximate surface area is 151 Å². The Balaban J connectivity index is 2.55. The molecule has 1 aromatic carbocycles. The molecular weight excluding hydrogens is 346 g/mol. The third-order valence-corrected chi connectivity index (χ3v) is 4.79. The van der Waals surface area contributed by atoms with Gasteiger partial charge in [-0.1, -0.05) is 65.9 Å². The number of pyridine rings is 1. The maximum atomic E-state index is 5.65. The van der Waals surface area contributed by atoms with Crippen LogP contribution in [-0.2, 0) is 6.42 Å². The molecule has 0 aliphatic heterocycles. The van der Waals surface area contributed by atoms with E-state index in [0.29, 0.717) is 6.61 Å². The van der Waals surface area contributed by atoms with E-state index in [1.165, 1.54) is 22.9 Å². The van der Waals surface area contributed by atoms with Crippen molar-refractivity contribution in [1.29, 1.82) is 0 Å². The lowest BCUT2D eigenvalue weighted by atomic mass is 10.0. The highest BCUT2D eigenvalue weighted by Crippen LogP contribution is 2.29. The second kappa shape index (κ2) is 8.96. The minimum atomic E-state index is 0.576. The van der Waals surface area contributed by atoms with Crippen molar-refractivity contribution in [3.8, 4) is 11.1 Å². The molecule has 5 heteroatoms. The highest BCUT2D eigenvalue weighted by molar-refractivity contribution is 8.02. The predicted octanol–water partition coefficient (Wildman–Crippen LogP) is 5.86. The molecule has 0 saturated carbocycles. The van der Waals surface area contributed by atoms with Crippen LogP contribution in [0.4, 0.5) is 0 Å². The van der Waals surface area contributed by atoms with E-state index in [1.807, 2.05) is 31.5 Å². The molecule has 0 amide bonds. The molecule has 0 fully saturated rings. The summed E-state index contributed by atoms with van der Waals surface area (Å²) in [6, 6.07) is 8.31. The summed E-state index contributed by atoms with van der Waals surface area (Å²) in [5, 5.41) is 1.79. The Bertz CT molecular complexity index is 768. The Morgan fingerprint density at radius 3 is 2.91 bits per heavy atom. The minimum absolute atomic E-state index is 0.576. The molecule has 0 N–H and O–H groups in total. The van der Waals surface area contributed by atoms with E-state index in [0.717, 1.165) is 27.0 Å². The average Bonchev–Trinajstić information content (AvgIpc) is 2.56. The molecule has 0 unspecified atom stereocenters. The van der Waals surface area contributed by atoms with E-state index < -0.39 is 0 Å². The second-order valence-corrected chi connectivity index (χ2v) is 6.32. The topological polar surface area (TPSA) is 14.2 Å². The maximum absolute atomic E-state index is 5.65. The molecular formula is C18H18ClNOS2. The van der Waals surface area contributed by atoms with Crippen molar-refractivity contribution in [2.45, 2.75) is 18.2 Å². The number of thioether (sulfide) groups is 1. The van der Waals surface area contributed by atoms with Gasteiger partial charge < -0.3 is 4.84 Å². The van der Waals surface area contributed by atoms with Gasteiger partial charge in [0.15, 0.2) is 0 Å². The summed E-state index contributed by atoms with van der Waals surface area (Å²) in [6.45, 7) is 6.32. The standard InChI is InChI=1S/C18H18ClNOS2/c1-3-6-14-7-5-8-15(11-14)16-12-20(21-4-2)13-17(18(16)22)23-10-9-19/h3,5,7-13H,1,4,6H2,2H3. The molecule has 0 spiro atoms. The molecule has 0 aliphatic carbocycles. The van der Waals surface area contributed by atoms with Crippen LogP contribution < -0.4 is 4.84 Å². The smallest absolute Gasteiger partial charge is 0.112 e. The molecule has 1 aromatic heterocycles. The van der Waals surface area contributed by atoms with E-state index in [9.17, 15) is 0 Å². The van der Waals surface area contributed by atoms with E-state index in [-0.39, 0.29) is 0 Å². The summed E-state index contributed by atoms with van der Waals surface area (Å²) in [7, 11) is 0. The van der Waals surface area contributed by atoms with Crippen LogP contribution >= 0.6 is 35.6 Å². The third-order valence-electron chi connectivity index (χ3n) is 3.11. The van der Waals surface area contributed by atoms with Crippen molar-refractivity contribution in [2.75, 3.05) is 6.61 Å². The van der Waals surface area contributed by atoms with Gasteiger partial charge in [-0.25, -0.2) is 0 Å². The lowest BCUT2D eigenvalue weighted by molar-refractivity contribution is 0.119. The van der Waals surface area contributed by atoms with E-state index in [4.69, 9.17) is 28.7 Å². The van der Waals surface area contributed by atoms with Crippen LogP contribution in [0, 0.1) is 4.51 Å². The molecule has 0 atom stereocenters. The van der Waals surface area contributed by atoms with Crippen molar-refractivity contribution in [3.63, 3.8) is 0 Å². The molecule has 0 aliphatic rings. The first-order chi connectivity index (χ1) is 11.2. The van der Waals surface area contributed by atoms with Crippen molar-refractivity contribution in [3.05, 3.63) is 70.3 Å². The van der Waals surface area contributed by atoms with E-state index in [2.05, 4.69) is 24.8 Å². The zero-order valence-corrected chi connectivity index (χ0v) is 15.3. The maximum Gasteiger partial charge on any atom is 0.112 e. The van der Waals surface area contributed by atoms with Gasteiger partial charge in [-0.05, 0) is 29.9 Å². The lowest BCUT2D eigenvalue weighted by Gasteiger charge is -2.13. The summed E-state index contributed by atoms with van der Waals surface area (Å²) in [6.07, 6.45) is 6.53. The van der Waals surface area contributed by atoms with Crippen LogP contribution in [0.1, 0.15) is 12.5 Å². The lowest BCUT2D eigenvalue weighted by Crippen LogP contribution is -2.11. The number of nitrogens with zero attached hydrogens (tertiary/aromatic N) is 1. The quantitative estimate of drug-likeness (QED) is 0.347. The van der Waals surface area contributed by atoms with E-state index in [1.54, 1.807) is 10.1 Å². The van der Waals surface area contributed by atoms with E-state index >= 15 is 0 Å². The third kappa shape index (κ3) is 4.74. The Morgan fingerprint density at radius 1 is 1.39 bits per heavy atom. The van der Waals surface area contributed by atoms with Crippen LogP contribution in [0.5, 0.6) is 0 Å². The molecule has 0 bridgehead atoms. The van der Waals surface area contributed by atoms with Gasteiger partial charge in [0.2, 0.25) is 0 Å². The van der Waals surface area contributed by atoms with Gasteiger partial charge in [0.25, 0.3) is 0 Å². The fourth-order valence-electron chi connectivity index (χ4n) is 2.17. The molecule has 2 nitrogen and oxygen atoms in total. The SMILES string of the molecule is C=CCc1cccc(-c2cn(OCC)cc(SC=CCl)c2=S)c1. The number of benzene rings is 1. The van der Waals surface area contributed by atoms with Gasteiger partial charge in [0, 0.05) is 11.1 Å². The molecule has 120 valence electrons. The molecule has 0 radical (unpaired) electrons. The summed E-state index contributed by atoms with van der Waals surface area (Å²) >= 11 is 12.8. The van der Waals surface area contributed by atoms with Crippen molar-refractivity contribution < 1.29 is 4.84 Å². The second-order valence-electron chi connectivity index (χ2n) is 4.72. The number of halogens is 1. The van der Waals surface area contributed by atoms with Crippen LogP contribution in [0.25, 0.3) is 11.1 Å². The molecule has 2 aromatic rings. The van der Waals surface area contributed by atoms with Gasteiger partial charge >= 0.3 is 0 Å². The first kappa shape index (κ1) is 17.9. The number of allylic oxidation sites excluding steroid dienone is 1. The van der Waals surface area contributed by atoms with Crippen molar-refractivity contribution >= 4 is 35.6 Å². The first-order valence-corrected chi connectivity index (χ1v) is 8.93. The highest BCUT2D eigenvalue weighted by Gasteiger charge is 2.08. The summed E-state index contributed by atoms with van der Waals surface area (Å²) in [5.41, 5.74) is 4.71. The number of rotatable bonds is 7. The number of aromatic nitrogens is 1. The molecule has 0 saturated heterocycles. The zero-order valence-electron chi connectivity index (χ0n) is 12.9. The van der Waals surface area contributed by atoms with Crippen LogP contribution in [0.2, 0.25) is 0 Å². The summed E-state index contributed by atoms with van der Waals surface area (Å²) in [5.74, 6) is 0. The zero-order chi connectivity index (χ0) is 16.7. The predicted molar refractivity (Wildman–Crippen MR) is 103 cm³/mol.